The van der Waals surface area contributed by atoms with Crippen molar-refractivity contribution in [3.8, 4) is 11.5 Å². The van der Waals surface area contributed by atoms with Crippen molar-refractivity contribution >= 4 is 5.96 Å². The normalized spacial score (nSPS) is 15.1. The lowest BCUT2D eigenvalue weighted by atomic mass is 10.1. The third kappa shape index (κ3) is 6.75. The van der Waals surface area contributed by atoms with Crippen LogP contribution in [0.2, 0.25) is 0 Å². The summed E-state index contributed by atoms with van der Waals surface area (Å²) in [5, 5.41) is 6.74. The van der Waals surface area contributed by atoms with Crippen molar-refractivity contribution in [1.82, 2.24) is 15.5 Å². The molecule has 0 unspecified atom stereocenters. The van der Waals surface area contributed by atoms with Gasteiger partial charge in [-0.05, 0) is 69.9 Å². The van der Waals surface area contributed by atoms with E-state index < -0.39 is 0 Å². The standard InChI is InChI=1S/C20H34N4O2/c1-4-21-20(22-11-7-15-24-13-5-6-14-24)23-12-10-17-8-9-18(25-2)19(16-17)26-3/h8-9,16H,4-7,10-15H2,1-3H3,(H2,21,22,23). The third-order valence-electron chi connectivity index (χ3n) is 4.60. The molecule has 0 amide bonds. The van der Waals surface area contributed by atoms with E-state index in [1.807, 2.05) is 12.1 Å². The van der Waals surface area contributed by atoms with E-state index in [1.165, 1.54) is 31.5 Å². The monoisotopic (exact) mass is 362 g/mol. The van der Waals surface area contributed by atoms with Gasteiger partial charge in [0.25, 0.3) is 0 Å². The fraction of sp³-hybridized carbons (Fsp3) is 0.650. The molecule has 1 aromatic carbocycles. The number of benzene rings is 1. The number of nitrogens with zero attached hydrogens (tertiary/aromatic N) is 2. The smallest absolute Gasteiger partial charge is 0.191 e. The second-order valence-corrected chi connectivity index (χ2v) is 6.53. The summed E-state index contributed by atoms with van der Waals surface area (Å²) in [5.74, 6) is 2.43. The number of likely N-dealkylation sites (tertiary alicyclic amines) is 1. The Morgan fingerprint density at radius 1 is 1.12 bits per heavy atom. The molecule has 0 aliphatic carbocycles. The van der Waals surface area contributed by atoms with Gasteiger partial charge in [0, 0.05) is 19.6 Å². The average molecular weight is 363 g/mol. The van der Waals surface area contributed by atoms with Crippen molar-refractivity contribution in [3.63, 3.8) is 0 Å². The average Bonchev–Trinajstić information content (AvgIpc) is 3.18. The first-order valence-electron chi connectivity index (χ1n) is 9.72. The molecule has 1 aliphatic rings. The van der Waals surface area contributed by atoms with Crippen LogP contribution < -0.4 is 20.1 Å². The number of rotatable bonds is 10. The van der Waals surface area contributed by atoms with Gasteiger partial charge in [0.1, 0.15) is 0 Å². The van der Waals surface area contributed by atoms with Crippen LogP contribution in [0.5, 0.6) is 11.5 Å². The molecule has 0 saturated carbocycles. The molecule has 1 aromatic rings. The number of guanidine groups is 1. The molecule has 6 nitrogen and oxygen atoms in total. The summed E-state index contributed by atoms with van der Waals surface area (Å²) in [6.45, 7) is 8.33. The highest BCUT2D eigenvalue weighted by atomic mass is 16.5. The summed E-state index contributed by atoms with van der Waals surface area (Å²) in [7, 11) is 3.32. The lowest BCUT2D eigenvalue weighted by Crippen LogP contribution is -2.38. The van der Waals surface area contributed by atoms with Gasteiger partial charge in [-0.3, -0.25) is 4.99 Å². The first-order valence-corrected chi connectivity index (χ1v) is 9.72. The van der Waals surface area contributed by atoms with E-state index in [-0.39, 0.29) is 0 Å². The van der Waals surface area contributed by atoms with Crippen LogP contribution in [0.1, 0.15) is 31.7 Å². The van der Waals surface area contributed by atoms with Crippen molar-refractivity contribution < 1.29 is 9.47 Å². The summed E-state index contributed by atoms with van der Waals surface area (Å²) >= 11 is 0. The van der Waals surface area contributed by atoms with Gasteiger partial charge in [-0.2, -0.15) is 0 Å². The lowest BCUT2D eigenvalue weighted by Gasteiger charge is -2.14. The van der Waals surface area contributed by atoms with Crippen molar-refractivity contribution in [2.24, 2.45) is 4.99 Å². The first kappa shape index (κ1) is 20.4. The van der Waals surface area contributed by atoms with E-state index in [9.17, 15) is 0 Å². The molecular formula is C20H34N4O2. The van der Waals surface area contributed by atoms with E-state index in [0.717, 1.165) is 56.5 Å². The van der Waals surface area contributed by atoms with E-state index in [0.29, 0.717) is 0 Å². The Morgan fingerprint density at radius 3 is 2.58 bits per heavy atom. The molecule has 1 saturated heterocycles. The molecule has 6 heteroatoms. The molecule has 0 radical (unpaired) electrons. The van der Waals surface area contributed by atoms with Crippen LogP contribution in [-0.2, 0) is 6.42 Å². The van der Waals surface area contributed by atoms with E-state index >= 15 is 0 Å². The minimum Gasteiger partial charge on any atom is -0.493 e. The van der Waals surface area contributed by atoms with Crippen LogP contribution >= 0.6 is 0 Å². The van der Waals surface area contributed by atoms with Crippen molar-refractivity contribution in [2.45, 2.75) is 32.6 Å². The highest BCUT2D eigenvalue weighted by Crippen LogP contribution is 2.27. The Morgan fingerprint density at radius 2 is 1.88 bits per heavy atom. The van der Waals surface area contributed by atoms with E-state index in [2.05, 4.69) is 33.5 Å². The fourth-order valence-electron chi connectivity index (χ4n) is 3.19. The van der Waals surface area contributed by atoms with Crippen LogP contribution in [0, 0.1) is 0 Å². The number of ether oxygens (including phenoxy) is 2. The Labute approximate surface area is 158 Å². The Hall–Kier alpha value is -1.95. The summed E-state index contributed by atoms with van der Waals surface area (Å²) in [4.78, 5) is 7.22. The van der Waals surface area contributed by atoms with Crippen molar-refractivity contribution in [2.75, 3.05) is 53.5 Å². The van der Waals surface area contributed by atoms with Crippen molar-refractivity contribution in [3.05, 3.63) is 23.8 Å². The zero-order valence-electron chi connectivity index (χ0n) is 16.5. The molecule has 0 atom stereocenters. The number of hydrogen-bond acceptors (Lipinski definition) is 4. The molecule has 1 heterocycles. The largest absolute Gasteiger partial charge is 0.493 e. The van der Waals surface area contributed by atoms with Crippen LogP contribution in [0.3, 0.4) is 0 Å². The summed E-state index contributed by atoms with van der Waals surface area (Å²) in [5.41, 5.74) is 1.21. The second kappa shape index (κ2) is 11.6. The van der Waals surface area contributed by atoms with Gasteiger partial charge < -0.3 is 25.0 Å². The Balaban J connectivity index is 1.75. The molecule has 1 aliphatic heterocycles. The van der Waals surface area contributed by atoms with Gasteiger partial charge in [-0.1, -0.05) is 6.07 Å². The number of hydrogen-bond donors (Lipinski definition) is 2. The maximum absolute atomic E-state index is 5.37. The van der Waals surface area contributed by atoms with Gasteiger partial charge in [-0.25, -0.2) is 0 Å². The molecule has 26 heavy (non-hydrogen) atoms. The van der Waals surface area contributed by atoms with Crippen molar-refractivity contribution in [1.29, 1.82) is 0 Å². The third-order valence-corrected chi connectivity index (χ3v) is 4.60. The second-order valence-electron chi connectivity index (χ2n) is 6.53. The minimum absolute atomic E-state index is 0.761. The van der Waals surface area contributed by atoms with Gasteiger partial charge in [0.05, 0.1) is 14.2 Å². The van der Waals surface area contributed by atoms with Gasteiger partial charge in [0.15, 0.2) is 17.5 Å². The van der Waals surface area contributed by atoms with Gasteiger partial charge in [-0.15, -0.1) is 0 Å². The zero-order valence-corrected chi connectivity index (χ0v) is 16.5. The Kier molecular flexibility index (Phi) is 9.10. The number of aliphatic imine (C=N–C) groups is 1. The van der Waals surface area contributed by atoms with E-state index in [1.54, 1.807) is 14.2 Å². The predicted octanol–water partition coefficient (Wildman–Crippen LogP) is 2.29. The summed E-state index contributed by atoms with van der Waals surface area (Å²) in [6, 6.07) is 6.05. The quantitative estimate of drug-likeness (QED) is 0.380. The van der Waals surface area contributed by atoms with Crippen LogP contribution in [0.4, 0.5) is 0 Å². The molecule has 0 bridgehead atoms. The zero-order chi connectivity index (χ0) is 18.6. The summed E-state index contributed by atoms with van der Waals surface area (Å²) < 4.78 is 10.6. The molecule has 0 aromatic heterocycles. The number of nitrogens with one attached hydrogen (secondary N) is 2. The van der Waals surface area contributed by atoms with Crippen LogP contribution in [0.15, 0.2) is 23.2 Å². The molecule has 1 fully saturated rings. The lowest BCUT2D eigenvalue weighted by molar-refractivity contribution is 0.336. The molecule has 146 valence electrons. The fourth-order valence-corrected chi connectivity index (χ4v) is 3.19. The number of methoxy groups -OCH3 is 2. The molecule has 2 N–H and O–H groups in total. The summed E-state index contributed by atoms with van der Waals surface area (Å²) in [6.07, 6.45) is 4.72. The maximum atomic E-state index is 5.37. The SMILES string of the molecule is CCNC(=NCCCN1CCCC1)NCCc1ccc(OC)c(OC)c1. The Bertz CT molecular complexity index is 557. The van der Waals surface area contributed by atoms with Crippen LogP contribution in [-0.4, -0.2) is 64.3 Å². The highest BCUT2D eigenvalue weighted by molar-refractivity contribution is 5.79. The molecule has 0 spiro atoms. The predicted molar refractivity (Wildman–Crippen MR) is 108 cm³/mol. The van der Waals surface area contributed by atoms with Crippen LogP contribution in [0.25, 0.3) is 0 Å². The molecule has 2 rings (SSSR count). The topological polar surface area (TPSA) is 58.1 Å². The van der Waals surface area contributed by atoms with Gasteiger partial charge in [0.2, 0.25) is 0 Å². The highest BCUT2D eigenvalue weighted by Gasteiger charge is 2.10. The molecular weight excluding hydrogens is 328 g/mol. The first-order chi connectivity index (χ1) is 12.8. The maximum Gasteiger partial charge on any atom is 0.191 e. The minimum atomic E-state index is 0.761. The van der Waals surface area contributed by atoms with E-state index in [4.69, 9.17) is 9.47 Å². The van der Waals surface area contributed by atoms with Gasteiger partial charge >= 0.3 is 0 Å².